The molecule has 0 spiro atoms. The molecule has 0 atom stereocenters. The van der Waals surface area contributed by atoms with Gasteiger partial charge in [0.05, 0.1) is 27.9 Å². The van der Waals surface area contributed by atoms with Gasteiger partial charge in [-0.3, -0.25) is 9.59 Å². The number of carbonyl (C=O) groups excluding carboxylic acids is 2. The summed E-state index contributed by atoms with van der Waals surface area (Å²) in [7, 11) is 4.57. The predicted molar refractivity (Wildman–Crippen MR) is 120 cm³/mol. The molecule has 2 N–H and O–H groups in total. The molecule has 0 heterocycles. The largest absolute Gasteiger partial charge is 0.493 e. The second-order valence-corrected chi connectivity index (χ2v) is 6.58. The lowest BCUT2D eigenvalue weighted by Gasteiger charge is -2.11. The fourth-order valence-corrected chi connectivity index (χ4v) is 2.88. The Labute approximate surface area is 186 Å². The van der Waals surface area contributed by atoms with Gasteiger partial charge in [-0.05, 0) is 54.6 Å². The van der Waals surface area contributed by atoms with Crippen LogP contribution in [-0.4, -0.2) is 39.7 Å². The fourth-order valence-electron chi connectivity index (χ4n) is 2.88. The Bertz CT molecular complexity index is 1080. The summed E-state index contributed by atoms with van der Waals surface area (Å²) in [6, 6.07) is 18.9. The van der Waals surface area contributed by atoms with Crippen LogP contribution in [0.4, 0.5) is 5.69 Å². The molecule has 166 valence electrons. The van der Waals surface area contributed by atoms with Crippen LogP contribution >= 0.6 is 0 Å². The van der Waals surface area contributed by atoms with E-state index in [-0.39, 0.29) is 12.5 Å². The first-order chi connectivity index (χ1) is 15.5. The highest BCUT2D eigenvalue weighted by atomic mass is 16.5. The van der Waals surface area contributed by atoms with Crippen LogP contribution in [0.5, 0.6) is 28.7 Å². The lowest BCUT2D eigenvalue weighted by molar-refractivity contribution is -0.115. The molecule has 0 bridgehead atoms. The van der Waals surface area contributed by atoms with Crippen molar-refractivity contribution >= 4 is 17.5 Å². The van der Waals surface area contributed by atoms with E-state index in [1.807, 2.05) is 12.1 Å². The Kier molecular flexibility index (Phi) is 7.53. The minimum Gasteiger partial charge on any atom is -0.493 e. The molecule has 3 aromatic carbocycles. The lowest BCUT2D eigenvalue weighted by atomic mass is 10.2. The van der Waals surface area contributed by atoms with Gasteiger partial charge in [-0.1, -0.05) is 12.1 Å². The molecule has 32 heavy (non-hydrogen) atoms. The number of benzene rings is 3. The number of para-hydroxylation sites is 2. The van der Waals surface area contributed by atoms with Gasteiger partial charge in [0.25, 0.3) is 5.91 Å². The summed E-state index contributed by atoms with van der Waals surface area (Å²) < 4.78 is 21.4. The smallest absolute Gasteiger partial charge is 0.251 e. The summed E-state index contributed by atoms with van der Waals surface area (Å²) in [5.74, 6) is 1.98. The van der Waals surface area contributed by atoms with Crippen LogP contribution in [0.3, 0.4) is 0 Å². The van der Waals surface area contributed by atoms with Gasteiger partial charge < -0.3 is 29.6 Å². The number of nitrogens with one attached hydrogen (secondary N) is 2. The Morgan fingerprint density at radius 2 is 1.38 bits per heavy atom. The van der Waals surface area contributed by atoms with Gasteiger partial charge in [0.15, 0.2) is 23.0 Å². The van der Waals surface area contributed by atoms with Gasteiger partial charge in [0.2, 0.25) is 5.91 Å². The Morgan fingerprint density at radius 1 is 0.750 bits per heavy atom. The molecule has 0 radical (unpaired) electrons. The molecule has 0 aliphatic carbocycles. The van der Waals surface area contributed by atoms with Gasteiger partial charge in [-0.2, -0.15) is 0 Å². The third kappa shape index (κ3) is 5.69. The average Bonchev–Trinajstić information content (AvgIpc) is 2.83. The van der Waals surface area contributed by atoms with Crippen molar-refractivity contribution in [3.8, 4) is 28.7 Å². The molecular weight excluding hydrogens is 412 g/mol. The van der Waals surface area contributed by atoms with E-state index in [4.69, 9.17) is 18.9 Å². The normalized spacial score (nSPS) is 10.1. The van der Waals surface area contributed by atoms with E-state index in [2.05, 4.69) is 10.6 Å². The summed E-state index contributed by atoms with van der Waals surface area (Å²) in [5.41, 5.74) is 0.927. The van der Waals surface area contributed by atoms with Crippen molar-refractivity contribution in [3.05, 3.63) is 72.3 Å². The van der Waals surface area contributed by atoms with Crippen molar-refractivity contribution < 1.29 is 28.5 Å². The van der Waals surface area contributed by atoms with E-state index >= 15 is 0 Å². The first kappa shape index (κ1) is 22.5. The van der Waals surface area contributed by atoms with Gasteiger partial charge in [-0.25, -0.2) is 0 Å². The number of methoxy groups -OCH3 is 3. The second-order valence-electron chi connectivity index (χ2n) is 6.58. The van der Waals surface area contributed by atoms with Gasteiger partial charge in [0.1, 0.15) is 5.75 Å². The maximum Gasteiger partial charge on any atom is 0.251 e. The molecule has 0 saturated carbocycles. The molecule has 0 aromatic heterocycles. The Hall–Kier alpha value is -4.20. The maximum atomic E-state index is 12.3. The van der Waals surface area contributed by atoms with Crippen molar-refractivity contribution in [2.24, 2.45) is 0 Å². The van der Waals surface area contributed by atoms with Crippen molar-refractivity contribution in [1.29, 1.82) is 0 Å². The molecule has 3 aromatic rings. The highest BCUT2D eigenvalue weighted by molar-refractivity contribution is 5.99. The molecule has 0 aliphatic heterocycles. The van der Waals surface area contributed by atoms with Crippen molar-refractivity contribution in [2.75, 3.05) is 33.2 Å². The molecule has 8 heteroatoms. The minimum absolute atomic E-state index is 0.188. The number of amides is 2. The van der Waals surface area contributed by atoms with Crippen molar-refractivity contribution in [1.82, 2.24) is 5.32 Å². The topological polar surface area (TPSA) is 95.1 Å². The van der Waals surface area contributed by atoms with Gasteiger partial charge in [-0.15, -0.1) is 0 Å². The van der Waals surface area contributed by atoms with Crippen LogP contribution in [-0.2, 0) is 4.79 Å². The van der Waals surface area contributed by atoms with Crippen molar-refractivity contribution in [2.45, 2.75) is 0 Å². The number of hydrogen-bond acceptors (Lipinski definition) is 6. The lowest BCUT2D eigenvalue weighted by Crippen LogP contribution is -2.32. The minimum atomic E-state index is -0.401. The molecule has 8 nitrogen and oxygen atoms in total. The van der Waals surface area contributed by atoms with Crippen LogP contribution in [0.25, 0.3) is 0 Å². The second kappa shape index (κ2) is 10.7. The first-order valence-corrected chi connectivity index (χ1v) is 9.75. The SMILES string of the molecule is COc1ccc(C(=O)NCC(=O)Nc2ccc(Oc3ccccc3OC)cc2)cc1OC. The third-order valence-electron chi connectivity index (χ3n) is 4.49. The van der Waals surface area contributed by atoms with E-state index in [0.717, 1.165) is 0 Å². The van der Waals surface area contributed by atoms with Crippen LogP contribution < -0.4 is 29.6 Å². The van der Waals surface area contributed by atoms with E-state index in [9.17, 15) is 9.59 Å². The summed E-state index contributed by atoms with van der Waals surface area (Å²) >= 11 is 0. The van der Waals surface area contributed by atoms with E-state index in [0.29, 0.717) is 40.0 Å². The van der Waals surface area contributed by atoms with Crippen LogP contribution in [0.1, 0.15) is 10.4 Å². The molecular formula is C24H24N2O6. The molecule has 0 saturated heterocycles. The van der Waals surface area contributed by atoms with E-state index < -0.39 is 5.91 Å². The molecule has 0 fully saturated rings. The zero-order valence-corrected chi connectivity index (χ0v) is 18.0. The van der Waals surface area contributed by atoms with E-state index in [1.54, 1.807) is 61.7 Å². The highest BCUT2D eigenvalue weighted by Gasteiger charge is 2.12. The molecule has 3 rings (SSSR count). The van der Waals surface area contributed by atoms with Crippen molar-refractivity contribution in [3.63, 3.8) is 0 Å². The number of hydrogen-bond donors (Lipinski definition) is 2. The monoisotopic (exact) mass is 436 g/mol. The number of anilines is 1. The molecule has 2 amide bonds. The molecule has 0 unspecified atom stereocenters. The van der Waals surface area contributed by atoms with Crippen LogP contribution in [0, 0.1) is 0 Å². The third-order valence-corrected chi connectivity index (χ3v) is 4.49. The average molecular weight is 436 g/mol. The van der Waals surface area contributed by atoms with Gasteiger partial charge >= 0.3 is 0 Å². The quantitative estimate of drug-likeness (QED) is 0.529. The molecule has 0 aliphatic rings. The summed E-state index contributed by atoms with van der Waals surface area (Å²) in [4.78, 5) is 24.5. The van der Waals surface area contributed by atoms with E-state index in [1.165, 1.54) is 14.2 Å². The summed E-state index contributed by atoms with van der Waals surface area (Å²) in [6.07, 6.45) is 0. The standard InChI is InChI=1S/C24H24N2O6/c1-29-19-6-4-5-7-21(19)32-18-11-9-17(10-12-18)26-23(27)15-25-24(28)16-8-13-20(30-2)22(14-16)31-3/h4-14H,15H2,1-3H3,(H,25,28)(H,26,27). The Balaban J connectivity index is 1.53. The van der Waals surface area contributed by atoms with Crippen LogP contribution in [0.2, 0.25) is 0 Å². The maximum absolute atomic E-state index is 12.3. The first-order valence-electron chi connectivity index (χ1n) is 9.75. The number of rotatable bonds is 9. The zero-order chi connectivity index (χ0) is 22.9. The summed E-state index contributed by atoms with van der Waals surface area (Å²) in [5, 5.41) is 5.30. The van der Waals surface area contributed by atoms with Gasteiger partial charge in [0, 0.05) is 11.3 Å². The Morgan fingerprint density at radius 3 is 2.03 bits per heavy atom. The predicted octanol–water partition coefficient (Wildman–Crippen LogP) is 3.87. The highest BCUT2D eigenvalue weighted by Crippen LogP contribution is 2.31. The zero-order valence-electron chi connectivity index (χ0n) is 18.0. The summed E-state index contributed by atoms with van der Waals surface area (Å²) in [6.45, 7) is -0.188. The number of ether oxygens (including phenoxy) is 4. The van der Waals surface area contributed by atoms with Crippen LogP contribution in [0.15, 0.2) is 66.7 Å². The fraction of sp³-hybridized carbons (Fsp3) is 0.167. The number of carbonyl (C=O) groups is 2.